The molecular formula is C29H40F5N7O2. The van der Waals surface area contributed by atoms with Gasteiger partial charge < -0.3 is 10.6 Å². The molecule has 2 N–H and O–H groups in total. The van der Waals surface area contributed by atoms with E-state index in [2.05, 4.69) is 25.8 Å². The van der Waals surface area contributed by atoms with Gasteiger partial charge in [-0.15, -0.1) is 0 Å². The minimum Gasteiger partial charge on any atom is -0.352 e. The predicted molar refractivity (Wildman–Crippen MR) is 150 cm³/mol. The Bertz CT molecular complexity index is 1300. The number of carbonyl (C=O) groups is 2. The van der Waals surface area contributed by atoms with Crippen molar-refractivity contribution in [3.8, 4) is 0 Å². The van der Waals surface area contributed by atoms with Crippen LogP contribution in [0.1, 0.15) is 112 Å². The molecule has 2 saturated carbocycles. The van der Waals surface area contributed by atoms with Crippen LogP contribution < -0.4 is 10.6 Å². The van der Waals surface area contributed by atoms with Crippen molar-refractivity contribution in [3.05, 3.63) is 47.7 Å². The Labute approximate surface area is 247 Å². The largest absolute Gasteiger partial charge is 0.389 e. The summed E-state index contributed by atoms with van der Waals surface area (Å²) in [5, 5.41) is 13.5. The molecule has 0 radical (unpaired) electrons. The number of halogens is 5. The number of imidazole rings is 1. The summed E-state index contributed by atoms with van der Waals surface area (Å²) in [6, 6.07) is 3.34. The van der Waals surface area contributed by atoms with Crippen molar-refractivity contribution in [2.24, 2.45) is 0 Å². The molecule has 9 nitrogen and oxygen atoms in total. The van der Waals surface area contributed by atoms with E-state index in [-0.39, 0.29) is 37.9 Å². The fraction of sp³-hybridized carbons (Fsp3) is 0.621. The van der Waals surface area contributed by atoms with Crippen LogP contribution in [0.25, 0.3) is 5.65 Å². The SMILES string of the molecule is C1CCC1.CC(C)n1nccc1C(=O)NCc1cn2ncc(CNC(=O)CCC(F)(F)F)cc2n1.FC1(F)CCCCC1. The van der Waals surface area contributed by atoms with Gasteiger partial charge in [0.25, 0.3) is 5.91 Å². The maximum atomic E-state index is 12.4. The van der Waals surface area contributed by atoms with Crippen molar-refractivity contribution >= 4 is 17.5 Å². The van der Waals surface area contributed by atoms with Gasteiger partial charge in [0.15, 0.2) is 5.65 Å². The molecule has 0 bridgehead atoms. The quantitative estimate of drug-likeness (QED) is 0.281. The molecule has 3 aromatic rings. The second kappa shape index (κ2) is 15.8. The number of aromatic nitrogens is 5. The molecule has 0 unspecified atom stereocenters. The van der Waals surface area contributed by atoms with E-state index in [9.17, 15) is 31.5 Å². The zero-order valence-electron chi connectivity index (χ0n) is 24.6. The molecule has 3 heterocycles. The normalized spacial score (nSPS) is 15.9. The molecule has 2 aliphatic carbocycles. The fourth-order valence-electron chi connectivity index (χ4n) is 4.18. The minimum absolute atomic E-state index is 0.0400. The predicted octanol–water partition coefficient (Wildman–Crippen LogP) is 6.54. The average Bonchev–Trinajstić information content (AvgIpc) is 3.55. The maximum Gasteiger partial charge on any atom is 0.389 e. The Morgan fingerprint density at radius 3 is 2.19 bits per heavy atom. The van der Waals surface area contributed by atoms with Gasteiger partial charge in [-0.3, -0.25) is 14.3 Å². The van der Waals surface area contributed by atoms with Crippen LogP contribution >= 0.6 is 0 Å². The number of hydrogen-bond acceptors (Lipinski definition) is 5. The molecule has 2 aliphatic rings. The van der Waals surface area contributed by atoms with E-state index in [1.54, 1.807) is 29.2 Å². The van der Waals surface area contributed by atoms with Crippen LogP contribution in [-0.2, 0) is 17.9 Å². The maximum absolute atomic E-state index is 12.4. The topological polar surface area (TPSA) is 106 Å². The lowest BCUT2D eigenvalue weighted by atomic mass is 9.97. The average molecular weight is 614 g/mol. The van der Waals surface area contributed by atoms with Crippen LogP contribution in [0.4, 0.5) is 22.0 Å². The lowest BCUT2D eigenvalue weighted by Gasteiger charge is -2.20. The molecule has 43 heavy (non-hydrogen) atoms. The minimum atomic E-state index is -4.37. The second-order valence-corrected chi connectivity index (χ2v) is 11.1. The van der Waals surface area contributed by atoms with Gasteiger partial charge in [0.05, 0.1) is 31.1 Å². The summed E-state index contributed by atoms with van der Waals surface area (Å²) in [4.78, 5) is 28.3. The molecule has 0 aromatic carbocycles. The summed E-state index contributed by atoms with van der Waals surface area (Å²) in [5.74, 6) is -3.29. The molecule has 3 aromatic heterocycles. The number of rotatable bonds is 8. The molecule has 2 fully saturated rings. The number of nitrogens with zero attached hydrogens (tertiary/aromatic N) is 5. The Morgan fingerprint density at radius 1 is 0.977 bits per heavy atom. The Balaban J connectivity index is 0.000000347. The van der Waals surface area contributed by atoms with Crippen molar-refractivity contribution in [2.75, 3.05) is 0 Å². The Kier molecular flexibility index (Phi) is 12.4. The third-order valence-corrected chi connectivity index (χ3v) is 6.96. The highest BCUT2D eigenvalue weighted by Crippen LogP contribution is 2.32. The molecule has 0 spiro atoms. The zero-order valence-corrected chi connectivity index (χ0v) is 24.6. The first-order valence-corrected chi connectivity index (χ1v) is 14.7. The number of alkyl halides is 5. The third kappa shape index (κ3) is 11.9. The number of hydrogen-bond donors (Lipinski definition) is 2. The molecule has 14 heteroatoms. The van der Waals surface area contributed by atoms with E-state index in [0.717, 1.165) is 6.42 Å². The Morgan fingerprint density at radius 2 is 1.63 bits per heavy atom. The van der Waals surface area contributed by atoms with Crippen LogP contribution in [0, 0.1) is 0 Å². The van der Waals surface area contributed by atoms with Crippen molar-refractivity contribution < 1.29 is 31.5 Å². The van der Waals surface area contributed by atoms with Gasteiger partial charge in [-0.05, 0) is 44.4 Å². The first-order valence-electron chi connectivity index (χ1n) is 14.7. The lowest BCUT2D eigenvalue weighted by Crippen LogP contribution is -2.26. The lowest BCUT2D eigenvalue weighted by molar-refractivity contribution is -0.144. The summed E-state index contributed by atoms with van der Waals surface area (Å²) >= 11 is 0. The van der Waals surface area contributed by atoms with Gasteiger partial charge in [-0.25, -0.2) is 18.3 Å². The van der Waals surface area contributed by atoms with Gasteiger partial charge in [-0.2, -0.15) is 23.4 Å². The van der Waals surface area contributed by atoms with Crippen LogP contribution in [-0.4, -0.2) is 48.3 Å². The van der Waals surface area contributed by atoms with Crippen LogP contribution in [0.3, 0.4) is 0 Å². The summed E-state index contributed by atoms with van der Waals surface area (Å²) in [6.45, 7) is 4.06. The molecule has 0 atom stereocenters. The van der Waals surface area contributed by atoms with Gasteiger partial charge in [0.2, 0.25) is 11.8 Å². The summed E-state index contributed by atoms with van der Waals surface area (Å²) in [7, 11) is 0. The highest BCUT2D eigenvalue weighted by Gasteiger charge is 2.30. The Hall–Kier alpha value is -3.58. The third-order valence-electron chi connectivity index (χ3n) is 6.96. The van der Waals surface area contributed by atoms with Crippen molar-refractivity contribution in [1.29, 1.82) is 0 Å². The van der Waals surface area contributed by atoms with Gasteiger partial charge in [0.1, 0.15) is 5.69 Å². The van der Waals surface area contributed by atoms with Crippen molar-refractivity contribution in [2.45, 2.75) is 116 Å². The van der Waals surface area contributed by atoms with E-state index in [1.807, 2.05) is 13.8 Å². The fourth-order valence-corrected chi connectivity index (χ4v) is 4.18. The van der Waals surface area contributed by atoms with E-state index >= 15 is 0 Å². The van der Waals surface area contributed by atoms with Gasteiger partial charge in [-0.1, -0.05) is 32.1 Å². The van der Waals surface area contributed by atoms with Gasteiger partial charge in [0, 0.05) is 38.0 Å². The number of fused-ring (bicyclic) bond motifs is 1. The standard InChI is InChI=1S/C19H22F3N7O2.C6H10F2.C4H8/c1-12(2)29-15(4-6-25-29)18(31)24-10-14-11-28-16(27-14)7-13(9-26-28)8-23-17(30)3-5-19(20,21)22;7-6(8)4-2-1-3-5-6;1-2-4-3-1/h4,6-7,9,11-12H,3,5,8,10H2,1-2H3,(H,23,30)(H,24,31);1-5H2;1-4H2. The van der Waals surface area contributed by atoms with Crippen molar-refractivity contribution in [3.63, 3.8) is 0 Å². The molecule has 0 aliphatic heterocycles. The molecule has 5 rings (SSSR count). The molecule has 0 saturated heterocycles. The summed E-state index contributed by atoms with van der Waals surface area (Å²) in [5.41, 5.74) is 2.09. The first-order chi connectivity index (χ1) is 20.3. The highest BCUT2D eigenvalue weighted by molar-refractivity contribution is 5.92. The second-order valence-electron chi connectivity index (χ2n) is 11.1. The highest BCUT2D eigenvalue weighted by atomic mass is 19.4. The molecule has 2 amide bonds. The van der Waals surface area contributed by atoms with Gasteiger partial charge >= 0.3 is 6.18 Å². The zero-order chi connectivity index (χ0) is 31.5. The smallest absolute Gasteiger partial charge is 0.352 e. The number of amides is 2. The van der Waals surface area contributed by atoms with E-state index in [4.69, 9.17) is 0 Å². The summed E-state index contributed by atoms with van der Waals surface area (Å²) < 4.78 is 64.1. The van der Waals surface area contributed by atoms with Crippen LogP contribution in [0.5, 0.6) is 0 Å². The van der Waals surface area contributed by atoms with Crippen LogP contribution in [0.2, 0.25) is 0 Å². The van der Waals surface area contributed by atoms with Crippen molar-refractivity contribution in [1.82, 2.24) is 35.0 Å². The first kappa shape index (κ1) is 33.9. The number of nitrogens with one attached hydrogen (secondary N) is 2. The number of carbonyl (C=O) groups excluding carboxylic acids is 2. The summed E-state index contributed by atoms with van der Waals surface area (Å²) in [6.07, 6.45) is 7.21. The van der Waals surface area contributed by atoms with E-state index in [0.29, 0.717) is 35.4 Å². The van der Waals surface area contributed by atoms with E-state index in [1.165, 1.54) is 36.4 Å². The molecular weight excluding hydrogens is 573 g/mol. The monoisotopic (exact) mass is 613 g/mol. The van der Waals surface area contributed by atoms with Crippen LogP contribution in [0.15, 0.2) is 30.7 Å². The van der Waals surface area contributed by atoms with E-state index < -0.39 is 30.8 Å². The molecule has 238 valence electrons.